The van der Waals surface area contributed by atoms with Gasteiger partial charge in [-0.1, -0.05) is 52.7 Å². The van der Waals surface area contributed by atoms with E-state index < -0.39 is 6.29 Å². The van der Waals surface area contributed by atoms with E-state index in [1.54, 1.807) is 0 Å². The number of likely N-dealkylation sites (tertiary alicyclic amines) is 1. The van der Waals surface area contributed by atoms with Crippen LogP contribution in [0.25, 0.3) is 0 Å². The maximum atomic E-state index is 11.9. The average Bonchev–Trinajstić information content (AvgIpc) is 2.68. The predicted molar refractivity (Wildman–Crippen MR) is 106 cm³/mol. The Morgan fingerprint density at radius 1 is 1.22 bits per heavy atom. The number of nitrogens with zero attached hydrogens (tertiary/aromatic N) is 1. The van der Waals surface area contributed by atoms with Crippen molar-refractivity contribution in [2.45, 2.75) is 44.7 Å². The Labute approximate surface area is 167 Å². The van der Waals surface area contributed by atoms with Gasteiger partial charge in [0.1, 0.15) is 5.75 Å². The molecule has 142 valence electrons. The van der Waals surface area contributed by atoms with E-state index in [2.05, 4.69) is 26.9 Å². The van der Waals surface area contributed by atoms with Crippen molar-refractivity contribution in [3.05, 3.63) is 63.6 Å². The third-order valence-electron chi connectivity index (χ3n) is 5.21. The van der Waals surface area contributed by atoms with E-state index in [1.807, 2.05) is 36.4 Å². The maximum absolute atomic E-state index is 11.9. The molecule has 1 amide bonds. The Morgan fingerprint density at radius 3 is 2.81 bits per heavy atom. The summed E-state index contributed by atoms with van der Waals surface area (Å²) in [4.78, 5) is 14.0. The second kappa shape index (κ2) is 8.00. The minimum atomic E-state index is -0.424. The minimum Gasteiger partial charge on any atom is -0.460 e. The molecule has 2 heterocycles. The SMILES string of the molecule is NC(=O)[C@@H]1CCCCN1Cc1cc(Br)cc2c1O[C@H](c1ccccc1)OC2. The molecular weight excluding hydrogens is 408 g/mol. The summed E-state index contributed by atoms with van der Waals surface area (Å²) in [6, 6.07) is 13.8. The molecule has 6 heteroatoms. The molecule has 2 aliphatic rings. The summed E-state index contributed by atoms with van der Waals surface area (Å²) < 4.78 is 13.2. The van der Waals surface area contributed by atoms with Crippen molar-refractivity contribution in [2.24, 2.45) is 5.73 Å². The van der Waals surface area contributed by atoms with E-state index in [-0.39, 0.29) is 11.9 Å². The van der Waals surface area contributed by atoms with Gasteiger partial charge in [0.2, 0.25) is 12.2 Å². The normalized spacial score (nSPS) is 22.7. The van der Waals surface area contributed by atoms with Crippen LogP contribution in [0.4, 0.5) is 0 Å². The highest BCUT2D eigenvalue weighted by molar-refractivity contribution is 9.10. The van der Waals surface area contributed by atoms with Crippen molar-refractivity contribution in [1.29, 1.82) is 0 Å². The number of carbonyl (C=O) groups excluding carboxylic acids is 1. The fourth-order valence-corrected chi connectivity index (χ4v) is 4.44. The molecule has 2 aromatic rings. The molecule has 2 aliphatic heterocycles. The van der Waals surface area contributed by atoms with Crippen LogP contribution >= 0.6 is 15.9 Å². The number of nitrogens with two attached hydrogens (primary N) is 1. The molecule has 2 aromatic carbocycles. The monoisotopic (exact) mass is 430 g/mol. The molecule has 4 rings (SSSR count). The quantitative estimate of drug-likeness (QED) is 0.798. The van der Waals surface area contributed by atoms with Gasteiger partial charge in [0, 0.05) is 27.7 Å². The Morgan fingerprint density at radius 2 is 2.04 bits per heavy atom. The molecule has 1 fully saturated rings. The lowest BCUT2D eigenvalue weighted by Crippen LogP contribution is -2.47. The molecular formula is C21H23BrN2O3. The molecule has 0 unspecified atom stereocenters. The maximum Gasteiger partial charge on any atom is 0.234 e. The summed E-state index contributed by atoms with van der Waals surface area (Å²) in [6.45, 7) is 1.99. The number of fused-ring (bicyclic) bond motifs is 1. The zero-order valence-electron chi connectivity index (χ0n) is 15.1. The van der Waals surface area contributed by atoms with Gasteiger partial charge in [0.15, 0.2) is 0 Å². The zero-order valence-corrected chi connectivity index (χ0v) is 16.7. The Balaban J connectivity index is 1.62. The van der Waals surface area contributed by atoms with Crippen molar-refractivity contribution < 1.29 is 14.3 Å². The Hall–Kier alpha value is -1.89. The molecule has 0 aliphatic carbocycles. The van der Waals surface area contributed by atoms with Crippen LogP contribution in [-0.4, -0.2) is 23.4 Å². The second-order valence-electron chi connectivity index (χ2n) is 7.11. The summed E-state index contributed by atoms with van der Waals surface area (Å²) >= 11 is 3.59. The van der Waals surface area contributed by atoms with E-state index in [0.29, 0.717) is 13.2 Å². The van der Waals surface area contributed by atoms with Crippen LogP contribution in [0.1, 0.15) is 42.2 Å². The van der Waals surface area contributed by atoms with Crippen LogP contribution in [0.2, 0.25) is 0 Å². The topological polar surface area (TPSA) is 64.8 Å². The van der Waals surface area contributed by atoms with Gasteiger partial charge >= 0.3 is 0 Å². The van der Waals surface area contributed by atoms with Crippen LogP contribution in [0.3, 0.4) is 0 Å². The smallest absolute Gasteiger partial charge is 0.234 e. The lowest BCUT2D eigenvalue weighted by molar-refractivity contribution is -0.125. The fraction of sp³-hybridized carbons (Fsp3) is 0.381. The van der Waals surface area contributed by atoms with E-state index in [9.17, 15) is 4.79 Å². The highest BCUT2D eigenvalue weighted by Crippen LogP contribution is 2.38. The molecule has 0 aromatic heterocycles. The summed E-state index contributed by atoms with van der Waals surface area (Å²) in [6.07, 6.45) is 2.52. The first-order chi connectivity index (χ1) is 13.1. The lowest BCUT2D eigenvalue weighted by Gasteiger charge is -2.35. The largest absolute Gasteiger partial charge is 0.460 e. The van der Waals surface area contributed by atoms with Crippen molar-refractivity contribution >= 4 is 21.8 Å². The number of piperidine rings is 1. The predicted octanol–water partition coefficient (Wildman–Crippen LogP) is 3.90. The molecule has 1 saturated heterocycles. The highest BCUT2D eigenvalue weighted by Gasteiger charge is 2.30. The number of benzene rings is 2. The fourth-order valence-electron chi connectivity index (χ4n) is 3.89. The van der Waals surface area contributed by atoms with Gasteiger partial charge in [-0.15, -0.1) is 0 Å². The van der Waals surface area contributed by atoms with Crippen LogP contribution in [0.5, 0.6) is 5.75 Å². The molecule has 0 saturated carbocycles. The number of rotatable bonds is 4. The average molecular weight is 431 g/mol. The Kier molecular flexibility index (Phi) is 5.48. The number of hydrogen-bond donors (Lipinski definition) is 1. The third kappa shape index (κ3) is 4.03. The van der Waals surface area contributed by atoms with E-state index >= 15 is 0 Å². The van der Waals surface area contributed by atoms with Gasteiger partial charge in [-0.05, 0) is 31.5 Å². The van der Waals surface area contributed by atoms with E-state index in [0.717, 1.165) is 52.7 Å². The first kappa shape index (κ1) is 18.5. The highest BCUT2D eigenvalue weighted by atomic mass is 79.9. The van der Waals surface area contributed by atoms with Gasteiger partial charge in [0.25, 0.3) is 0 Å². The van der Waals surface area contributed by atoms with Crippen LogP contribution in [0.15, 0.2) is 46.9 Å². The van der Waals surface area contributed by atoms with E-state index in [4.69, 9.17) is 15.2 Å². The molecule has 5 nitrogen and oxygen atoms in total. The van der Waals surface area contributed by atoms with Crippen LogP contribution < -0.4 is 10.5 Å². The van der Waals surface area contributed by atoms with Crippen molar-refractivity contribution in [3.8, 4) is 5.75 Å². The lowest BCUT2D eigenvalue weighted by atomic mass is 9.99. The molecule has 2 N–H and O–H groups in total. The number of amides is 1. The number of ether oxygens (including phenoxy) is 2. The number of hydrogen-bond acceptors (Lipinski definition) is 4. The summed E-state index contributed by atoms with van der Waals surface area (Å²) in [5, 5.41) is 0. The summed E-state index contributed by atoms with van der Waals surface area (Å²) in [7, 11) is 0. The number of carbonyl (C=O) groups is 1. The van der Waals surface area contributed by atoms with Gasteiger partial charge in [-0.2, -0.15) is 0 Å². The van der Waals surface area contributed by atoms with Crippen LogP contribution in [-0.2, 0) is 22.7 Å². The van der Waals surface area contributed by atoms with Gasteiger partial charge in [0.05, 0.1) is 12.6 Å². The standard InChI is InChI=1S/C21H23BrN2O3/c22-17-10-15(12-24-9-5-4-8-18(24)20(23)25)19-16(11-17)13-26-21(27-19)14-6-2-1-3-7-14/h1-3,6-7,10-11,18,21H,4-5,8-9,12-13H2,(H2,23,25)/t18-,21+/m0/s1. The molecule has 2 atom stereocenters. The summed E-state index contributed by atoms with van der Waals surface area (Å²) in [5.41, 5.74) is 8.69. The summed E-state index contributed by atoms with van der Waals surface area (Å²) in [5.74, 6) is 0.608. The number of halogens is 1. The van der Waals surface area contributed by atoms with Crippen molar-refractivity contribution in [2.75, 3.05) is 6.54 Å². The number of primary amides is 1. The first-order valence-corrected chi connectivity index (χ1v) is 10.1. The zero-order chi connectivity index (χ0) is 18.8. The molecule has 0 radical (unpaired) electrons. The van der Waals surface area contributed by atoms with Crippen molar-refractivity contribution in [3.63, 3.8) is 0 Å². The Bertz CT molecular complexity index is 828. The first-order valence-electron chi connectivity index (χ1n) is 9.29. The second-order valence-corrected chi connectivity index (χ2v) is 8.02. The molecule has 0 bridgehead atoms. The molecule has 27 heavy (non-hydrogen) atoms. The third-order valence-corrected chi connectivity index (χ3v) is 5.67. The molecule has 0 spiro atoms. The van der Waals surface area contributed by atoms with Crippen LogP contribution in [0, 0.1) is 0 Å². The van der Waals surface area contributed by atoms with Gasteiger partial charge < -0.3 is 15.2 Å². The minimum absolute atomic E-state index is 0.210. The van der Waals surface area contributed by atoms with E-state index in [1.165, 1.54) is 0 Å². The van der Waals surface area contributed by atoms with Gasteiger partial charge in [-0.3, -0.25) is 9.69 Å². The van der Waals surface area contributed by atoms with Crippen molar-refractivity contribution in [1.82, 2.24) is 4.90 Å². The van der Waals surface area contributed by atoms with Gasteiger partial charge in [-0.25, -0.2) is 0 Å².